The fourth-order valence-electron chi connectivity index (χ4n) is 2.84. The van der Waals surface area contributed by atoms with Gasteiger partial charge in [0.15, 0.2) is 0 Å². The first-order valence-corrected chi connectivity index (χ1v) is 12.4. The number of aliphatic hydroxyl groups is 1. The number of hydrogen-bond acceptors (Lipinski definition) is 2. The minimum Gasteiger partial charge on any atom is -0.393 e. The van der Waals surface area contributed by atoms with Crippen LogP contribution in [0.4, 0.5) is 0 Å². The first-order valence-electron chi connectivity index (χ1n) is 8.08. The van der Waals surface area contributed by atoms with Gasteiger partial charge in [-0.2, -0.15) is 0 Å². The monoisotopic (exact) mass is 320 g/mol. The molecule has 1 aliphatic rings. The van der Waals surface area contributed by atoms with Gasteiger partial charge in [0.1, 0.15) is 0 Å². The maximum Gasteiger partial charge on any atom is 0.0857 e. The van der Waals surface area contributed by atoms with Gasteiger partial charge in [0.05, 0.1) is 14.2 Å². The normalized spacial score (nSPS) is 24.1. The average molecular weight is 321 g/mol. The van der Waals surface area contributed by atoms with E-state index in [0.29, 0.717) is 5.92 Å². The maximum atomic E-state index is 10.1. The number of rotatable bonds is 5. The van der Waals surface area contributed by atoms with E-state index >= 15 is 0 Å². The third kappa shape index (κ3) is 5.31. The molecular formula is C18H28OSSi. The molecule has 1 nitrogen and oxygen atoms in total. The van der Waals surface area contributed by atoms with Crippen LogP contribution in [-0.4, -0.2) is 19.3 Å². The fourth-order valence-corrected chi connectivity index (χ4v) is 5.87. The van der Waals surface area contributed by atoms with Crippen molar-refractivity contribution in [2.24, 2.45) is 5.92 Å². The second-order valence-electron chi connectivity index (χ2n) is 7.08. The van der Waals surface area contributed by atoms with E-state index in [9.17, 15) is 5.11 Å². The van der Waals surface area contributed by atoms with E-state index in [2.05, 4.69) is 56.0 Å². The van der Waals surface area contributed by atoms with Gasteiger partial charge in [0, 0.05) is 4.90 Å². The van der Waals surface area contributed by atoms with Crippen LogP contribution in [-0.2, 0) is 0 Å². The number of aliphatic hydroxyl groups excluding tert-OH is 1. The zero-order valence-corrected chi connectivity index (χ0v) is 15.3. The largest absolute Gasteiger partial charge is 0.393 e. The van der Waals surface area contributed by atoms with Crippen molar-refractivity contribution in [1.82, 2.24) is 0 Å². The summed E-state index contributed by atoms with van der Waals surface area (Å²) in [6.07, 6.45) is 8.05. The molecule has 1 aromatic rings. The molecule has 0 heterocycles. The number of benzene rings is 1. The SMILES string of the molecule is C[Si](C)(C)/C(=C\C[C@@H]1CCCC[C@H]1O)Sc1ccccc1. The molecule has 1 aromatic carbocycles. The molecule has 0 bridgehead atoms. The molecule has 1 saturated carbocycles. The van der Waals surface area contributed by atoms with Crippen LogP contribution < -0.4 is 0 Å². The van der Waals surface area contributed by atoms with Crippen LogP contribution in [0.25, 0.3) is 0 Å². The Morgan fingerprint density at radius 2 is 1.86 bits per heavy atom. The molecule has 116 valence electrons. The van der Waals surface area contributed by atoms with Gasteiger partial charge in [0.25, 0.3) is 0 Å². The Hall–Kier alpha value is -0.513. The Kier molecular flexibility index (Phi) is 6.15. The fraction of sp³-hybridized carbons (Fsp3) is 0.556. The van der Waals surface area contributed by atoms with Crippen LogP contribution in [0, 0.1) is 5.92 Å². The number of allylic oxidation sites excluding steroid dienone is 1. The molecule has 0 saturated heterocycles. The molecule has 0 amide bonds. The lowest BCUT2D eigenvalue weighted by molar-refractivity contribution is 0.0714. The summed E-state index contributed by atoms with van der Waals surface area (Å²) in [5, 5.41) is 10.1. The first-order chi connectivity index (χ1) is 9.97. The maximum absolute atomic E-state index is 10.1. The highest BCUT2D eigenvalue weighted by atomic mass is 32.2. The molecule has 1 aliphatic carbocycles. The second-order valence-corrected chi connectivity index (χ2v) is 13.6. The van der Waals surface area contributed by atoms with E-state index in [-0.39, 0.29) is 6.10 Å². The molecule has 21 heavy (non-hydrogen) atoms. The van der Waals surface area contributed by atoms with Crippen molar-refractivity contribution < 1.29 is 5.11 Å². The summed E-state index contributed by atoms with van der Waals surface area (Å²) >= 11 is 1.93. The molecule has 2 rings (SSSR count). The van der Waals surface area contributed by atoms with Gasteiger partial charge in [-0.1, -0.05) is 68.5 Å². The van der Waals surface area contributed by atoms with Crippen LogP contribution in [0.5, 0.6) is 0 Å². The highest BCUT2D eigenvalue weighted by Gasteiger charge is 2.24. The Balaban J connectivity index is 2.07. The smallest absolute Gasteiger partial charge is 0.0857 e. The Bertz CT molecular complexity index is 464. The van der Waals surface area contributed by atoms with E-state index < -0.39 is 8.07 Å². The van der Waals surface area contributed by atoms with Crippen LogP contribution in [0.3, 0.4) is 0 Å². The molecule has 0 aromatic heterocycles. The van der Waals surface area contributed by atoms with Crippen LogP contribution in [0.15, 0.2) is 45.8 Å². The summed E-state index contributed by atoms with van der Waals surface area (Å²) < 4.78 is 1.55. The van der Waals surface area contributed by atoms with Crippen molar-refractivity contribution in [2.75, 3.05) is 0 Å². The zero-order chi connectivity index (χ0) is 15.3. The van der Waals surface area contributed by atoms with Crippen molar-refractivity contribution >= 4 is 19.8 Å². The summed E-state index contributed by atoms with van der Waals surface area (Å²) in [6, 6.07) is 10.7. The number of thioether (sulfide) groups is 1. The predicted octanol–water partition coefficient (Wildman–Crippen LogP) is 5.48. The Labute approximate surface area is 134 Å². The first kappa shape index (κ1) is 16.9. The van der Waals surface area contributed by atoms with Crippen molar-refractivity contribution in [3.63, 3.8) is 0 Å². The van der Waals surface area contributed by atoms with Crippen molar-refractivity contribution in [1.29, 1.82) is 0 Å². The van der Waals surface area contributed by atoms with Gasteiger partial charge in [-0.3, -0.25) is 0 Å². The molecule has 3 heteroatoms. The Morgan fingerprint density at radius 1 is 1.19 bits per heavy atom. The highest BCUT2D eigenvalue weighted by molar-refractivity contribution is 8.05. The minimum absolute atomic E-state index is 0.0837. The lowest BCUT2D eigenvalue weighted by Gasteiger charge is -2.28. The molecule has 0 unspecified atom stereocenters. The lowest BCUT2D eigenvalue weighted by atomic mass is 9.84. The molecule has 0 radical (unpaired) electrons. The van der Waals surface area contributed by atoms with Crippen molar-refractivity contribution in [2.45, 2.75) is 62.7 Å². The third-order valence-electron chi connectivity index (χ3n) is 4.19. The zero-order valence-electron chi connectivity index (χ0n) is 13.5. The van der Waals surface area contributed by atoms with E-state index in [1.165, 1.54) is 24.2 Å². The topological polar surface area (TPSA) is 20.2 Å². The summed E-state index contributed by atoms with van der Waals surface area (Å²) in [4.78, 5) is 1.33. The quantitative estimate of drug-likeness (QED) is 0.572. The van der Waals surface area contributed by atoms with Crippen molar-refractivity contribution in [3.8, 4) is 0 Å². The number of hydrogen-bond donors (Lipinski definition) is 1. The molecule has 0 spiro atoms. The van der Waals surface area contributed by atoms with Gasteiger partial charge in [-0.25, -0.2) is 0 Å². The molecule has 1 N–H and O–H groups in total. The summed E-state index contributed by atoms with van der Waals surface area (Å²) in [6.45, 7) is 7.23. The van der Waals surface area contributed by atoms with E-state index in [0.717, 1.165) is 12.8 Å². The standard InChI is InChI=1S/C18H28OSSi/c1-21(2,3)18(20-16-10-5-4-6-11-16)14-13-15-9-7-8-12-17(15)19/h4-6,10-11,14-15,17,19H,7-9,12-13H2,1-3H3/b18-14-/t15-,17+/m0/s1. The van der Waals surface area contributed by atoms with E-state index in [1.54, 1.807) is 4.53 Å². The van der Waals surface area contributed by atoms with Gasteiger partial charge < -0.3 is 5.11 Å². The average Bonchev–Trinajstić information content (AvgIpc) is 2.45. The highest BCUT2D eigenvalue weighted by Crippen LogP contribution is 2.35. The minimum atomic E-state index is -1.33. The van der Waals surface area contributed by atoms with Gasteiger partial charge in [-0.05, 0) is 41.8 Å². The molecule has 2 atom stereocenters. The van der Waals surface area contributed by atoms with E-state index in [1.807, 2.05) is 11.8 Å². The summed E-state index contributed by atoms with van der Waals surface area (Å²) in [5.74, 6) is 0.474. The summed E-state index contributed by atoms with van der Waals surface area (Å²) in [5.41, 5.74) is 0. The van der Waals surface area contributed by atoms with Gasteiger partial charge in [-0.15, -0.1) is 0 Å². The molecular weight excluding hydrogens is 292 g/mol. The lowest BCUT2D eigenvalue weighted by Crippen LogP contribution is -2.25. The third-order valence-corrected chi connectivity index (χ3v) is 8.91. The van der Waals surface area contributed by atoms with Gasteiger partial charge in [0.2, 0.25) is 0 Å². The second kappa shape index (κ2) is 7.66. The predicted molar refractivity (Wildman–Crippen MR) is 96.3 cm³/mol. The van der Waals surface area contributed by atoms with E-state index in [4.69, 9.17) is 0 Å². The molecule has 1 fully saturated rings. The van der Waals surface area contributed by atoms with Crippen LogP contribution in [0.1, 0.15) is 32.1 Å². The van der Waals surface area contributed by atoms with Crippen LogP contribution >= 0.6 is 11.8 Å². The Morgan fingerprint density at radius 3 is 2.48 bits per heavy atom. The van der Waals surface area contributed by atoms with Gasteiger partial charge >= 0.3 is 0 Å². The summed E-state index contributed by atoms with van der Waals surface area (Å²) in [7, 11) is -1.33. The molecule has 0 aliphatic heterocycles. The van der Waals surface area contributed by atoms with Crippen LogP contribution in [0.2, 0.25) is 19.6 Å². The van der Waals surface area contributed by atoms with Crippen molar-refractivity contribution in [3.05, 3.63) is 40.9 Å².